The maximum Gasteiger partial charge on any atom is 0.244 e. The van der Waals surface area contributed by atoms with Gasteiger partial charge in [0.05, 0.1) is 12.4 Å². The van der Waals surface area contributed by atoms with Crippen LogP contribution in [0.1, 0.15) is 5.56 Å². The van der Waals surface area contributed by atoms with Crippen molar-refractivity contribution in [1.82, 2.24) is 4.72 Å². The van der Waals surface area contributed by atoms with E-state index in [9.17, 15) is 12.8 Å². The van der Waals surface area contributed by atoms with Gasteiger partial charge in [0, 0.05) is 16.6 Å². The Bertz CT molecular complexity index is 795. The van der Waals surface area contributed by atoms with Gasteiger partial charge in [-0.25, -0.2) is 12.8 Å². The Morgan fingerprint density at radius 2 is 2.00 bits per heavy atom. The maximum atomic E-state index is 13.9. The number of fused-ring (bicyclic) bond motifs is 1. The van der Waals surface area contributed by atoms with E-state index >= 15 is 0 Å². The lowest BCUT2D eigenvalue weighted by Crippen LogP contribution is -2.42. The smallest absolute Gasteiger partial charge is 0.244 e. The second kappa shape index (κ2) is 5.40. The highest BCUT2D eigenvalue weighted by Crippen LogP contribution is 2.29. The van der Waals surface area contributed by atoms with Gasteiger partial charge >= 0.3 is 0 Å². The molecule has 3 rings (SSSR count). The summed E-state index contributed by atoms with van der Waals surface area (Å²) < 4.78 is 41.0. The van der Waals surface area contributed by atoms with Crippen molar-refractivity contribution in [3.8, 4) is 0 Å². The Kier molecular flexibility index (Phi) is 3.73. The highest BCUT2D eigenvalue weighted by atomic mass is 79.9. The van der Waals surface area contributed by atoms with Crippen LogP contribution in [0.3, 0.4) is 0 Å². The first-order chi connectivity index (χ1) is 9.97. The molecule has 0 saturated heterocycles. The molecule has 1 N–H and O–H groups in total. The Morgan fingerprint density at radius 1 is 1.24 bits per heavy atom. The van der Waals surface area contributed by atoms with Crippen LogP contribution in [0.4, 0.5) is 10.1 Å². The number of para-hydroxylation sites is 1. The molecule has 0 spiro atoms. The second-order valence-electron chi connectivity index (χ2n) is 4.71. The first-order valence-corrected chi connectivity index (χ1v) is 8.52. The molecule has 0 fully saturated rings. The van der Waals surface area contributed by atoms with Crippen LogP contribution in [0.25, 0.3) is 0 Å². The summed E-state index contributed by atoms with van der Waals surface area (Å²) in [5.41, 5.74) is 1.09. The number of nitrogens with one attached hydrogen (secondary N) is 1. The van der Waals surface area contributed by atoms with Crippen LogP contribution in [-0.4, -0.2) is 15.1 Å². The van der Waals surface area contributed by atoms with Gasteiger partial charge in [-0.05, 0) is 24.3 Å². The highest BCUT2D eigenvalue weighted by Gasteiger charge is 2.27. The number of benzene rings is 2. The van der Waals surface area contributed by atoms with Crippen LogP contribution in [0.15, 0.2) is 51.8 Å². The summed E-state index contributed by atoms with van der Waals surface area (Å²) in [5.74, 6) is -0.324. The van der Waals surface area contributed by atoms with Crippen molar-refractivity contribution in [2.75, 3.05) is 11.6 Å². The lowest BCUT2D eigenvalue weighted by atomic mass is 10.2. The molecular weight excluding hydrogens is 359 g/mol. The summed E-state index contributed by atoms with van der Waals surface area (Å²) in [7, 11) is -3.48. The van der Waals surface area contributed by atoms with Gasteiger partial charge in [0.15, 0.2) is 0 Å². The standard InChI is InChI=1S/C14H12BrFN2O2S/c15-11-6-5-10(12(16)7-11)8-18-9-17-21(19,20)14-4-2-1-3-13(14)18/h1-7,17H,8-9H2. The summed E-state index contributed by atoms with van der Waals surface area (Å²) >= 11 is 3.22. The molecule has 110 valence electrons. The van der Waals surface area contributed by atoms with Crippen molar-refractivity contribution in [3.63, 3.8) is 0 Å². The minimum Gasteiger partial charge on any atom is -0.352 e. The summed E-state index contributed by atoms with van der Waals surface area (Å²) in [5, 5.41) is 0. The summed E-state index contributed by atoms with van der Waals surface area (Å²) in [6.07, 6.45) is 0. The molecule has 0 bridgehead atoms. The number of anilines is 1. The Balaban J connectivity index is 1.97. The highest BCUT2D eigenvalue weighted by molar-refractivity contribution is 9.10. The topological polar surface area (TPSA) is 49.4 Å². The third-order valence-corrected chi connectivity index (χ3v) is 5.24. The lowest BCUT2D eigenvalue weighted by molar-refractivity contribution is 0.566. The first kappa shape index (κ1) is 14.5. The number of hydrogen-bond donors (Lipinski definition) is 1. The molecule has 0 saturated carbocycles. The van der Waals surface area contributed by atoms with Crippen LogP contribution in [-0.2, 0) is 16.6 Å². The van der Waals surface area contributed by atoms with Crippen LogP contribution >= 0.6 is 15.9 Å². The fraction of sp³-hybridized carbons (Fsp3) is 0.143. The maximum absolute atomic E-state index is 13.9. The van der Waals surface area contributed by atoms with Gasteiger partial charge in [-0.15, -0.1) is 0 Å². The molecule has 2 aromatic rings. The Hall–Kier alpha value is -1.44. The van der Waals surface area contributed by atoms with E-state index in [1.807, 2.05) is 0 Å². The average molecular weight is 371 g/mol. The number of halogens is 2. The van der Waals surface area contributed by atoms with Crippen molar-refractivity contribution >= 4 is 31.6 Å². The number of rotatable bonds is 2. The normalized spacial score (nSPS) is 16.6. The predicted molar refractivity (Wildman–Crippen MR) is 81.9 cm³/mol. The van der Waals surface area contributed by atoms with Gasteiger partial charge in [0.25, 0.3) is 0 Å². The van der Waals surface area contributed by atoms with E-state index in [1.54, 1.807) is 41.3 Å². The Morgan fingerprint density at radius 3 is 2.76 bits per heavy atom. The summed E-state index contributed by atoms with van der Waals surface area (Å²) in [6, 6.07) is 11.6. The molecule has 1 aliphatic rings. The van der Waals surface area contributed by atoms with E-state index in [4.69, 9.17) is 0 Å². The van der Waals surface area contributed by atoms with Gasteiger partial charge < -0.3 is 4.90 Å². The van der Waals surface area contributed by atoms with E-state index < -0.39 is 10.0 Å². The third kappa shape index (κ3) is 2.81. The van der Waals surface area contributed by atoms with E-state index in [0.717, 1.165) is 0 Å². The number of hydrogen-bond acceptors (Lipinski definition) is 3. The molecule has 2 aromatic carbocycles. The van der Waals surface area contributed by atoms with Crippen molar-refractivity contribution in [1.29, 1.82) is 0 Å². The second-order valence-corrected chi connectivity index (χ2v) is 7.36. The van der Waals surface area contributed by atoms with Crippen molar-refractivity contribution in [3.05, 3.63) is 58.3 Å². The minimum absolute atomic E-state index is 0.120. The SMILES string of the molecule is O=S1(=O)NCN(Cc2ccc(Br)cc2F)c2ccccc21. The fourth-order valence-corrected chi connectivity index (χ4v) is 3.81. The molecule has 0 unspecified atom stereocenters. The van der Waals surface area contributed by atoms with Gasteiger partial charge in [-0.1, -0.05) is 34.1 Å². The van der Waals surface area contributed by atoms with Crippen LogP contribution in [0, 0.1) is 5.82 Å². The predicted octanol–water partition coefficient (Wildman–Crippen LogP) is 2.84. The van der Waals surface area contributed by atoms with Crippen LogP contribution in [0.5, 0.6) is 0 Å². The average Bonchev–Trinajstić information content (AvgIpc) is 2.45. The molecule has 0 aromatic heterocycles. The van der Waals surface area contributed by atoms with Gasteiger partial charge in [0.2, 0.25) is 10.0 Å². The minimum atomic E-state index is -3.48. The number of nitrogens with zero attached hydrogens (tertiary/aromatic N) is 1. The van der Waals surface area contributed by atoms with E-state index in [1.165, 1.54) is 6.07 Å². The summed E-state index contributed by atoms with van der Waals surface area (Å²) in [4.78, 5) is 2.01. The van der Waals surface area contributed by atoms with Gasteiger partial charge in [-0.2, -0.15) is 4.72 Å². The lowest BCUT2D eigenvalue weighted by Gasteiger charge is -2.31. The molecule has 0 atom stereocenters. The van der Waals surface area contributed by atoms with Crippen molar-refractivity contribution < 1.29 is 12.8 Å². The van der Waals surface area contributed by atoms with Gasteiger partial charge in [-0.3, -0.25) is 0 Å². The van der Waals surface area contributed by atoms with E-state index in [-0.39, 0.29) is 17.4 Å². The van der Waals surface area contributed by atoms with Crippen LogP contribution < -0.4 is 9.62 Å². The molecule has 0 radical (unpaired) electrons. The zero-order valence-electron chi connectivity index (χ0n) is 10.9. The molecule has 0 aliphatic carbocycles. The molecule has 4 nitrogen and oxygen atoms in total. The molecule has 7 heteroatoms. The van der Waals surface area contributed by atoms with Gasteiger partial charge in [0.1, 0.15) is 10.7 Å². The van der Waals surface area contributed by atoms with Crippen molar-refractivity contribution in [2.45, 2.75) is 11.4 Å². The largest absolute Gasteiger partial charge is 0.352 e. The number of sulfonamides is 1. The monoisotopic (exact) mass is 370 g/mol. The molecule has 21 heavy (non-hydrogen) atoms. The Labute approximate surface area is 130 Å². The quantitative estimate of drug-likeness (QED) is 0.883. The molecule has 0 amide bonds. The van der Waals surface area contributed by atoms with E-state index in [2.05, 4.69) is 20.7 Å². The molecule has 1 heterocycles. The van der Waals surface area contributed by atoms with Crippen LogP contribution in [0.2, 0.25) is 0 Å². The fourth-order valence-electron chi connectivity index (χ4n) is 2.27. The molecule has 1 aliphatic heterocycles. The van der Waals surface area contributed by atoms with Crippen molar-refractivity contribution in [2.24, 2.45) is 0 Å². The zero-order chi connectivity index (χ0) is 15.0. The summed E-state index contributed by atoms with van der Waals surface area (Å²) in [6.45, 7) is 0.410. The zero-order valence-corrected chi connectivity index (χ0v) is 13.3. The molecular formula is C14H12BrFN2O2S. The third-order valence-electron chi connectivity index (χ3n) is 3.32. The van der Waals surface area contributed by atoms with E-state index in [0.29, 0.717) is 22.3 Å². The first-order valence-electron chi connectivity index (χ1n) is 6.25.